The highest BCUT2D eigenvalue weighted by molar-refractivity contribution is 7.11. The third-order valence-corrected chi connectivity index (χ3v) is 3.46. The Morgan fingerprint density at radius 1 is 1.65 bits per heavy atom. The number of carbonyl (C=O) groups is 2. The lowest BCUT2D eigenvalue weighted by atomic mass is 10.1. The Bertz CT molecular complexity index is 406. The number of amides is 2. The molecule has 0 aliphatic carbocycles. The first-order valence-corrected chi connectivity index (χ1v) is 6.23. The van der Waals surface area contributed by atoms with E-state index in [-0.39, 0.29) is 11.8 Å². The summed E-state index contributed by atoms with van der Waals surface area (Å²) >= 11 is 1.29. The number of piperazine rings is 1. The summed E-state index contributed by atoms with van der Waals surface area (Å²) in [4.78, 5) is 29.9. The van der Waals surface area contributed by atoms with Gasteiger partial charge in [-0.05, 0) is 0 Å². The fraction of sp³-hybridized carbons (Fsp3) is 0.500. The van der Waals surface area contributed by atoms with Crippen molar-refractivity contribution in [2.75, 3.05) is 26.7 Å². The van der Waals surface area contributed by atoms with Crippen molar-refractivity contribution in [1.82, 2.24) is 20.5 Å². The van der Waals surface area contributed by atoms with Crippen LogP contribution in [0.15, 0.2) is 11.7 Å². The third kappa shape index (κ3) is 2.45. The molecule has 1 saturated heterocycles. The van der Waals surface area contributed by atoms with Gasteiger partial charge in [0.1, 0.15) is 10.9 Å². The highest BCUT2D eigenvalue weighted by Crippen LogP contribution is 2.13. The summed E-state index contributed by atoms with van der Waals surface area (Å²) in [6.45, 7) is 1.73. The molecule has 2 heterocycles. The first kappa shape index (κ1) is 12.0. The smallest absolute Gasteiger partial charge is 0.266 e. The van der Waals surface area contributed by atoms with Crippen LogP contribution in [0.2, 0.25) is 0 Å². The first-order valence-electron chi connectivity index (χ1n) is 5.36. The second kappa shape index (κ2) is 5.24. The molecule has 6 nitrogen and oxygen atoms in total. The third-order valence-electron chi connectivity index (χ3n) is 2.70. The van der Waals surface area contributed by atoms with E-state index in [1.165, 1.54) is 17.5 Å². The molecule has 0 aromatic carbocycles. The molecule has 1 atom stereocenters. The number of thiazole rings is 1. The highest BCUT2D eigenvalue weighted by Gasteiger charge is 2.32. The van der Waals surface area contributed by atoms with Gasteiger partial charge in [-0.15, -0.1) is 11.3 Å². The quantitative estimate of drug-likeness (QED) is 0.732. The molecule has 2 rings (SSSR count). The molecule has 1 unspecified atom stereocenters. The van der Waals surface area contributed by atoms with E-state index in [0.717, 1.165) is 0 Å². The number of rotatable bonds is 2. The number of hydrogen-bond donors (Lipinski definition) is 2. The van der Waals surface area contributed by atoms with Crippen molar-refractivity contribution in [1.29, 1.82) is 0 Å². The van der Waals surface area contributed by atoms with Gasteiger partial charge in [0.2, 0.25) is 5.91 Å². The molecule has 0 bridgehead atoms. The summed E-state index contributed by atoms with van der Waals surface area (Å²) in [6, 6.07) is -0.441. The van der Waals surface area contributed by atoms with Crippen molar-refractivity contribution in [2.24, 2.45) is 0 Å². The molecule has 1 aliphatic heterocycles. The Morgan fingerprint density at radius 2 is 2.47 bits per heavy atom. The van der Waals surface area contributed by atoms with Gasteiger partial charge >= 0.3 is 0 Å². The molecule has 17 heavy (non-hydrogen) atoms. The van der Waals surface area contributed by atoms with Crippen molar-refractivity contribution < 1.29 is 9.59 Å². The van der Waals surface area contributed by atoms with Crippen LogP contribution in [0.1, 0.15) is 9.67 Å². The summed E-state index contributed by atoms with van der Waals surface area (Å²) in [5.41, 5.74) is 1.62. The Hall–Kier alpha value is -1.47. The minimum absolute atomic E-state index is 0.123. The molecule has 1 aromatic rings. The first-order chi connectivity index (χ1) is 8.24. The fourth-order valence-electron chi connectivity index (χ4n) is 1.81. The van der Waals surface area contributed by atoms with Crippen LogP contribution in [0.3, 0.4) is 0 Å². The molecule has 0 saturated carbocycles. The number of carbonyl (C=O) groups excluding carboxylic acids is 2. The molecule has 0 radical (unpaired) electrons. The molecule has 1 aliphatic rings. The van der Waals surface area contributed by atoms with Gasteiger partial charge in [0, 0.05) is 26.7 Å². The monoisotopic (exact) mass is 254 g/mol. The molecule has 1 aromatic heterocycles. The van der Waals surface area contributed by atoms with Gasteiger partial charge in [0.05, 0.1) is 11.7 Å². The van der Waals surface area contributed by atoms with Crippen LogP contribution in [0, 0.1) is 0 Å². The molecule has 7 heteroatoms. The summed E-state index contributed by atoms with van der Waals surface area (Å²) < 4.78 is 0. The van der Waals surface area contributed by atoms with Gasteiger partial charge in [0.25, 0.3) is 5.91 Å². The Labute approximate surface area is 103 Å². The van der Waals surface area contributed by atoms with Crippen LogP contribution in [0.25, 0.3) is 0 Å². The summed E-state index contributed by atoms with van der Waals surface area (Å²) in [5.74, 6) is -0.266. The lowest BCUT2D eigenvalue weighted by Crippen LogP contribution is -2.59. The second-order valence-electron chi connectivity index (χ2n) is 3.70. The summed E-state index contributed by atoms with van der Waals surface area (Å²) in [5, 5.41) is 5.69. The number of nitrogens with zero attached hydrogens (tertiary/aromatic N) is 2. The maximum Gasteiger partial charge on any atom is 0.266 e. The predicted molar refractivity (Wildman–Crippen MR) is 63.9 cm³/mol. The van der Waals surface area contributed by atoms with Gasteiger partial charge in [-0.1, -0.05) is 0 Å². The van der Waals surface area contributed by atoms with Crippen molar-refractivity contribution in [3.05, 3.63) is 16.6 Å². The summed E-state index contributed by atoms with van der Waals surface area (Å²) in [6.07, 6.45) is 1.54. The van der Waals surface area contributed by atoms with E-state index in [9.17, 15) is 9.59 Å². The van der Waals surface area contributed by atoms with E-state index in [1.807, 2.05) is 0 Å². The van der Waals surface area contributed by atoms with Crippen molar-refractivity contribution in [3.8, 4) is 0 Å². The van der Waals surface area contributed by atoms with E-state index in [0.29, 0.717) is 24.5 Å². The van der Waals surface area contributed by atoms with E-state index in [4.69, 9.17) is 0 Å². The zero-order chi connectivity index (χ0) is 12.3. The normalized spacial score (nSPS) is 20.1. The lowest BCUT2D eigenvalue weighted by molar-refractivity contribution is -0.125. The van der Waals surface area contributed by atoms with Gasteiger partial charge < -0.3 is 15.5 Å². The van der Waals surface area contributed by atoms with Crippen molar-refractivity contribution >= 4 is 23.2 Å². The highest BCUT2D eigenvalue weighted by atomic mass is 32.1. The minimum atomic E-state index is -0.441. The SMILES string of the molecule is CNC(=O)C1CNCCN1C(=O)c1cncs1. The largest absolute Gasteiger partial charge is 0.357 e. The zero-order valence-electron chi connectivity index (χ0n) is 9.47. The van der Waals surface area contributed by atoms with Crippen molar-refractivity contribution in [3.63, 3.8) is 0 Å². The van der Waals surface area contributed by atoms with Crippen LogP contribution in [0.5, 0.6) is 0 Å². The molecule has 0 spiro atoms. The standard InChI is InChI=1S/C10H14N4O2S/c1-11-9(15)7-4-12-2-3-14(7)10(16)8-5-13-6-17-8/h5-7,12H,2-4H2,1H3,(H,11,15). The van der Waals surface area contributed by atoms with Crippen LogP contribution >= 0.6 is 11.3 Å². The van der Waals surface area contributed by atoms with Crippen LogP contribution in [-0.2, 0) is 4.79 Å². The zero-order valence-corrected chi connectivity index (χ0v) is 10.3. The van der Waals surface area contributed by atoms with Gasteiger partial charge in [-0.2, -0.15) is 0 Å². The van der Waals surface area contributed by atoms with E-state index >= 15 is 0 Å². The molecule has 92 valence electrons. The molecule has 2 amide bonds. The van der Waals surface area contributed by atoms with Crippen LogP contribution in [0.4, 0.5) is 0 Å². The van der Waals surface area contributed by atoms with E-state index in [2.05, 4.69) is 15.6 Å². The topological polar surface area (TPSA) is 74.3 Å². The molecular formula is C10H14N4O2S. The van der Waals surface area contributed by atoms with Gasteiger partial charge in [-0.25, -0.2) is 0 Å². The number of nitrogens with one attached hydrogen (secondary N) is 2. The average molecular weight is 254 g/mol. The van der Waals surface area contributed by atoms with Gasteiger partial charge in [0.15, 0.2) is 0 Å². The number of aromatic nitrogens is 1. The maximum atomic E-state index is 12.2. The number of hydrogen-bond acceptors (Lipinski definition) is 5. The molecule has 1 fully saturated rings. The second-order valence-corrected chi connectivity index (χ2v) is 4.58. The maximum absolute atomic E-state index is 12.2. The van der Waals surface area contributed by atoms with E-state index in [1.54, 1.807) is 17.5 Å². The average Bonchev–Trinajstić information content (AvgIpc) is 2.91. The minimum Gasteiger partial charge on any atom is -0.357 e. The van der Waals surface area contributed by atoms with Crippen molar-refractivity contribution in [2.45, 2.75) is 6.04 Å². The Morgan fingerprint density at radius 3 is 3.12 bits per heavy atom. The van der Waals surface area contributed by atoms with E-state index < -0.39 is 6.04 Å². The fourth-order valence-corrected chi connectivity index (χ4v) is 2.39. The lowest BCUT2D eigenvalue weighted by Gasteiger charge is -2.34. The van der Waals surface area contributed by atoms with Gasteiger partial charge in [-0.3, -0.25) is 14.6 Å². The summed E-state index contributed by atoms with van der Waals surface area (Å²) in [7, 11) is 1.58. The van der Waals surface area contributed by atoms with Crippen LogP contribution in [-0.4, -0.2) is 54.4 Å². The Kier molecular flexibility index (Phi) is 3.70. The number of likely N-dealkylation sites (N-methyl/N-ethyl adjacent to an activating group) is 1. The molecular weight excluding hydrogens is 240 g/mol. The van der Waals surface area contributed by atoms with Crippen LogP contribution < -0.4 is 10.6 Å². The molecule has 2 N–H and O–H groups in total. The predicted octanol–water partition coefficient (Wildman–Crippen LogP) is -0.697. The Balaban J connectivity index is 2.16.